The maximum Gasteiger partial charge on any atom is -0.0262 e. The van der Waals surface area contributed by atoms with E-state index in [1.807, 2.05) is 0 Å². The maximum atomic E-state index is 2.34. The largest absolute Gasteiger partial charge is 0.0885 e. The first-order valence-corrected chi connectivity index (χ1v) is 4.83. The van der Waals surface area contributed by atoms with Crippen molar-refractivity contribution in [2.45, 2.75) is 47.0 Å². The first-order chi connectivity index (χ1) is 5.16. The van der Waals surface area contributed by atoms with Gasteiger partial charge in [0.05, 0.1) is 0 Å². The molecule has 0 aliphatic rings. The number of rotatable bonds is 5. The van der Waals surface area contributed by atoms with Crippen LogP contribution in [0.1, 0.15) is 47.0 Å². The normalized spacial score (nSPS) is 14.6. The predicted octanol–water partition coefficient (Wildman–Crippen LogP) is 4.02. The Bertz CT molecular complexity index is 101. The van der Waals surface area contributed by atoms with Gasteiger partial charge in [-0.3, -0.25) is 0 Å². The smallest absolute Gasteiger partial charge is 0.0262 e. The highest BCUT2D eigenvalue weighted by molar-refractivity contribution is 4.85. The van der Waals surface area contributed by atoms with Gasteiger partial charge in [-0.2, -0.15) is 0 Å². The lowest BCUT2D eigenvalue weighted by atomic mass is 9.99. The molecule has 0 aromatic carbocycles. The molecule has 0 heterocycles. The van der Waals surface area contributed by atoms with Crippen LogP contribution >= 0.6 is 0 Å². The Labute approximate surface area is 71.7 Å². The molecule has 0 fully saturated rings. The van der Waals surface area contributed by atoms with Gasteiger partial charge in [0.1, 0.15) is 0 Å². The van der Waals surface area contributed by atoms with Gasteiger partial charge < -0.3 is 0 Å². The molecule has 0 saturated heterocycles. The van der Waals surface area contributed by atoms with Crippen molar-refractivity contribution in [3.8, 4) is 0 Å². The van der Waals surface area contributed by atoms with Gasteiger partial charge in [-0.05, 0) is 24.7 Å². The van der Waals surface area contributed by atoms with Gasteiger partial charge in [-0.1, -0.05) is 46.3 Å². The zero-order valence-corrected chi connectivity index (χ0v) is 8.43. The van der Waals surface area contributed by atoms with E-state index in [2.05, 4.69) is 39.8 Å². The summed E-state index contributed by atoms with van der Waals surface area (Å²) in [4.78, 5) is 0. The highest BCUT2D eigenvalue weighted by Crippen LogP contribution is 2.12. The van der Waals surface area contributed by atoms with E-state index in [0.717, 1.165) is 11.8 Å². The van der Waals surface area contributed by atoms with Gasteiger partial charge in [0.25, 0.3) is 0 Å². The zero-order valence-electron chi connectivity index (χ0n) is 8.43. The summed E-state index contributed by atoms with van der Waals surface area (Å²) in [6.45, 7) is 9.06. The van der Waals surface area contributed by atoms with E-state index in [1.54, 1.807) is 0 Å². The average molecular weight is 154 g/mol. The highest BCUT2D eigenvalue weighted by atomic mass is 14.0. The molecule has 0 aromatic rings. The predicted molar refractivity (Wildman–Crippen MR) is 52.7 cm³/mol. The molecule has 0 N–H and O–H groups in total. The van der Waals surface area contributed by atoms with Crippen LogP contribution < -0.4 is 0 Å². The molecule has 1 unspecified atom stereocenters. The molecule has 0 rings (SSSR count). The number of hydrogen-bond acceptors (Lipinski definition) is 0. The van der Waals surface area contributed by atoms with Crippen molar-refractivity contribution < 1.29 is 0 Å². The van der Waals surface area contributed by atoms with Crippen LogP contribution in [0.25, 0.3) is 0 Å². The van der Waals surface area contributed by atoms with Crippen molar-refractivity contribution in [1.29, 1.82) is 0 Å². The minimum atomic E-state index is 0.775. The van der Waals surface area contributed by atoms with Crippen LogP contribution in [0.4, 0.5) is 0 Å². The van der Waals surface area contributed by atoms with Gasteiger partial charge >= 0.3 is 0 Å². The third-order valence-electron chi connectivity index (χ3n) is 1.90. The van der Waals surface area contributed by atoms with Gasteiger partial charge in [-0.15, -0.1) is 0 Å². The minimum absolute atomic E-state index is 0.775. The minimum Gasteiger partial charge on any atom is -0.0885 e. The second-order valence-corrected chi connectivity index (χ2v) is 3.78. The number of allylic oxidation sites excluding steroid dienone is 2. The SMILES string of the molecule is CC/C=C/C(C)CCC(C)C. The van der Waals surface area contributed by atoms with Crippen LogP contribution in [0.3, 0.4) is 0 Å². The van der Waals surface area contributed by atoms with Crippen molar-refractivity contribution in [2.75, 3.05) is 0 Å². The average Bonchev–Trinajstić information content (AvgIpc) is 1.97. The Morgan fingerprint density at radius 1 is 1.09 bits per heavy atom. The molecule has 0 heteroatoms. The third kappa shape index (κ3) is 7.64. The Morgan fingerprint density at radius 3 is 2.18 bits per heavy atom. The summed E-state index contributed by atoms with van der Waals surface area (Å²) in [5.74, 6) is 1.63. The molecule has 1 atom stereocenters. The van der Waals surface area contributed by atoms with E-state index in [4.69, 9.17) is 0 Å². The summed E-state index contributed by atoms with van der Waals surface area (Å²) in [6.07, 6.45) is 8.47. The van der Waals surface area contributed by atoms with Crippen LogP contribution in [0, 0.1) is 11.8 Å². The van der Waals surface area contributed by atoms with Gasteiger partial charge in [0, 0.05) is 0 Å². The molecular weight excluding hydrogens is 132 g/mol. The lowest BCUT2D eigenvalue weighted by Gasteiger charge is -2.07. The standard InChI is InChI=1S/C11H22/c1-5-6-7-11(4)9-8-10(2)3/h6-7,10-11H,5,8-9H2,1-4H3/b7-6+. The maximum absolute atomic E-state index is 2.34. The topological polar surface area (TPSA) is 0 Å². The van der Waals surface area contributed by atoms with Gasteiger partial charge in [0.15, 0.2) is 0 Å². The van der Waals surface area contributed by atoms with Crippen molar-refractivity contribution in [3.63, 3.8) is 0 Å². The fraction of sp³-hybridized carbons (Fsp3) is 0.818. The van der Waals surface area contributed by atoms with Crippen molar-refractivity contribution in [2.24, 2.45) is 11.8 Å². The Hall–Kier alpha value is -0.260. The van der Waals surface area contributed by atoms with Crippen LogP contribution in [-0.2, 0) is 0 Å². The second kappa shape index (κ2) is 6.45. The van der Waals surface area contributed by atoms with E-state index in [-0.39, 0.29) is 0 Å². The summed E-state index contributed by atoms with van der Waals surface area (Å²) in [5, 5.41) is 0. The van der Waals surface area contributed by atoms with Crippen LogP contribution in [-0.4, -0.2) is 0 Å². The first kappa shape index (κ1) is 10.7. The highest BCUT2D eigenvalue weighted by Gasteiger charge is 1.98. The Morgan fingerprint density at radius 2 is 1.73 bits per heavy atom. The molecule has 0 spiro atoms. The fourth-order valence-corrected chi connectivity index (χ4v) is 1.06. The van der Waals surface area contributed by atoms with Crippen molar-refractivity contribution in [1.82, 2.24) is 0 Å². The molecule has 0 aromatic heterocycles. The molecule has 0 nitrogen and oxygen atoms in total. The van der Waals surface area contributed by atoms with Crippen molar-refractivity contribution in [3.05, 3.63) is 12.2 Å². The molecule has 0 bridgehead atoms. The summed E-state index contributed by atoms with van der Waals surface area (Å²) < 4.78 is 0. The van der Waals surface area contributed by atoms with E-state index in [9.17, 15) is 0 Å². The summed E-state index contributed by atoms with van der Waals surface area (Å²) >= 11 is 0. The summed E-state index contributed by atoms with van der Waals surface area (Å²) in [7, 11) is 0. The molecule has 66 valence electrons. The molecule has 11 heavy (non-hydrogen) atoms. The lowest BCUT2D eigenvalue weighted by molar-refractivity contribution is 0.501. The molecule has 0 saturated carbocycles. The molecule has 0 amide bonds. The van der Waals surface area contributed by atoms with Crippen molar-refractivity contribution >= 4 is 0 Å². The van der Waals surface area contributed by atoms with Gasteiger partial charge in [0.2, 0.25) is 0 Å². The Balaban J connectivity index is 3.36. The van der Waals surface area contributed by atoms with Crippen LogP contribution in [0.5, 0.6) is 0 Å². The monoisotopic (exact) mass is 154 g/mol. The Kier molecular flexibility index (Phi) is 6.30. The van der Waals surface area contributed by atoms with E-state index in [0.29, 0.717) is 0 Å². The molecule has 0 aliphatic carbocycles. The summed E-state index contributed by atoms with van der Waals surface area (Å²) in [5.41, 5.74) is 0. The van der Waals surface area contributed by atoms with E-state index in [1.165, 1.54) is 19.3 Å². The summed E-state index contributed by atoms with van der Waals surface area (Å²) in [6, 6.07) is 0. The second-order valence-electron chi connectivity index (χ2n) is 3.78. The lowest BCUT2D eigenvalue weighted by Crippen LogP contribution is -1.93. The van der Waals surface area contributed by atoms with E-state index >= 15 is 0 Å². The molecular formula is C11H22. The van der Waals surface area contributed by atoms with Crippen LogP contribution in [0.2, 0.25) is 0 Å². The van der Waals surface area contributed by atoms with Crippen LogP contribution in [0.15, 0.2) is 12.2 Å². The zero-order chi connectivity index (χ0) is 8.69. The van der Waals surface area contributed by atoms with E-state index < -0.39 is 0 Å². The fourth-order valence-electron chi connectivity index (χ4n) is 1.06. The quantitative estimate of drug-likeness (QED) is 0.524. The molecule has 0 aliphatic heterocycles. The number of hydrogen-bond donors (Lipinski definition) is 0. The molecule has 0 radical (unpaired) electrons. The van der Waals surface area contributed by atoms with Gasteiger partial charge in [-0.25, -0.2) is 0 Å². The third-order valence-corrected chi connectivity index (χ3v) is 1.90. The first-order valence-electron chi connectivity index (χ1n) is 4.83.